The van der Waals surface area contributed by atoms with Gasteiger partial charge in [-0.05, 0) is 39.8 Å². The summed E-state index contributed by atoms with van der Waals surface area (Å²) < 4.78 is 6.85. The fourth-order valence-electron chi connectivity index (χ4n) is 1.93. The van der Waals surface area contributed by atoms with Crippen LogP contribution < -0.4 is 0 Å². The van der Waals surface area contributed by atoms with E-state index in [0.717, 1.165) is 12.8 Å². The van der Waals surface area contributed by atoms with E-state index in [9.17, 15) is 0 Å². The van der Waals surface area contributed by atoms with Crippen molar-refractivity contribution in [1.82, 2.24) is 0 Å². The summed E-state index contributed by atoms with van der Waals surface area (Å²) in [5, 5.41) is 0. The normalized spacial score (nSPS) is 10.9. The third-order valence-electron chi connectivity index (χ3n) is 3.03. The average molecular weight is 402 g/mol. The maximum atomic E-state index is 5.60. The zero-order valence-electron chi connectivity index (χ0n) is 12.5. The molecule has 2 rings (SSSR count). The Balaban J connectivity index is 1.65. The molecule has 2 heteroatoms. The van der Waals surface area contributed by atoms with Gasteiger partial charge in [-0.1, -0.05) is 72.5 Å². The Morgan fingerprint density at radius 3 is 2.27 bits per heavy atom. The second-order valence-corrected chi connectivity index (χ2v) is 6.25. The van der Waals surface area contributed by atoms with Crippen LogP contribution in [0.4, 0.5) is 0 Å². The molecule has 112 valence electrons. The minimum Gasteiger partial charge on any atom is -0.376 e. The molecule has 0 N–H and O–H groups in total. The number of halogens is 1. The molecule has 0 heterocycles. The molecule has 0 fully saturated rings. The van der Waals surface area contributed by atoms with Crippen molar-refractivity contribution in [2.45, 2.75) is 19.4 Å². The summed E-state index contributed by atoms with van der Waals surface area (Å²) in [6.07, 6.45) is 3.70. The molecule has 1 nitrogen and oxygen atoms in total. The highest BCUT2D eigenvalue weighted by Crippen LogP contribution is 2.13. The lowest BCUT2D eigenvalue weighted by Crippen LogP contribution is -1.93. The SMILES string of the molecule is IC(=CC#CCCOCc1ccccc1)Cc1ccccc1. The highest BCUT2D eigenvalue weighted by atomic mass is 127. The first-order chi connectivity index (χ1) is 10.8. The fraction of sp³-hybridized carbons (Fsp3) is 0.200. The summed E-state index contributed by atoms with van der Waals surface area (Å²) in [6, 6.07) is 20.6. The van der Waals surface area contributed by atoms with Crippen LogP contribution in [0, 0.1) is 11.8 Å². The van der Waals surface area contributed by atoms with E-state index in [4.69, 9.17) is 4.74 Å². The van der Waals surface area contributed by atoms with Gasteiger partial charge in [-0.3, -0.25) is 0 Å². The molecule has 0 atom stereocenters. The number of hydrogen-bond acceptors (Lipinski definition) is 1. The largest absolute Gasteiger partial charge is 0.376 e. The highest BCUT2D eigenvalue weighted by molar-refractivity contribution is 14.1. The van der Waals surface area contributed by atoms with Gasteiger partial charge in [0.2, 0.25) is 0 Å². The molecule has 2 aromatic rings. The van der Waals surface area contributed by atoms with Crippen molar-refractivity contribution >= 4 is 22.6 Å². The van der Waals surface area contributed by atoms with E-state index in [2.05, 4.69) is 70.8 Å². The Morgan fingerprint density at radius 1 is 0.955 bits per heavy atom. The van der Waals surface area contributed by atoms with Crippen LogP contribution in [0.25, 0.3) is 0 Å². The van der Waals surface area contributed by atoms with Gasteiger partial charge in [-0.25, -0.2) is 0 Å². The lowest BCUT2D eigenvalue weighted by Gasteiger charge is -2.01. The molecule has 0 saturated carbocycles. The topological polar surface area (TPSA) is 9.23 Å². The van der Waals surface area contributed by atoms with Gasteiger partial charge in [0.15, 0.2) is 0 Å². The third-order valence-corrected chi connectivity index (χ3v) is 3.72. The average Bonchev–Trinajstić information content (AvgIpc) is 2.56. The fourth-order valence-corrected chi connectivity index (χ4v) is 2.53. The molecule has 0 aromatic heterocycles. The van der Waals surface area contributed by atoms with Crippen molar-refractivity contribution in [2.75, 3.05) is 6.61 Å². The van der Waals surface area contributed by atoms with Gasteiger partial charge >= 0.3 is 0 Å². The Kier molecular flexibility index (Phi) is 7.79. The van der Waals surface area contributed by atoms with Crippen LogP contribution in [-0.4, -0.2) is 6.61 Å². The van der Waals surface area contributed by atoms with Crippen LogP contribution >= 0.6 is 22.6 Å². The Morgan fingerprint density at radius 2 is 1.59 bits per heavy atom. The van der Waals surface area contributed by atoms with Gasteiger partial charge < -0.3 is 4.74 Å². The number of rotatable bonds is 6. The van der Waals surface area contributed by atoms with Crippen molar-refractivity contribution in [3.63, 3.8) is 0 Å². The Labute approximate surface area is 146 Å². The van der Waals surface area contributed by atoms with E-state index >= 15 is 0 Å². The van der Waals surface area contributed by atoms with Gasteiger partial charge in [-0.2, -0.15) is 0 Å². The zero-order valence-corrected chi connectivity index (χ0v) is 14.6. The number of hydrogen-bond donors (Lipinski definition) is 0. The lowest BCUT2D eigenvalue weighted by molar-refractivity contribution is 0.126. The van der Waals surface area contributed by atoms with Crippen LogP contribution in [-0.2, 0) is 17.8 Å². The van der Waals surface area contributed by atoms with Crippen LogP contribution in [0.15, 0.2) is 70.3 Å². The van der Waals surface area contributed by atoms with E-state index in [1.807, 2.05) is 30.3 Å². The van der Waals surface area contributed by atoms with E-state index < -0.39 is 0 Å². The first-order valence-electron chi connectivity index (χ1n) is 7.33. The molecule has 0 aliphatic rings. The van der Waals surface area contributed by atoms with E-state index in [1.165, 1.54) is 14.7 Å². The summed E-state index contributed by atoms with van der Waals surface area (Å²) in [7, 11) is 0. The molecule has 0 amide bonds. The summed E-state index contributed by atoms with van der Waals surface area (Å²) in [6.45, 7) is 1.33. The minimum atomic E-state index is 0.657. The van der Waals surface area contributed by atoms with Crippen LogP contribution in [0.2, 0.25) is 0 Å². The summed E-state index contributed by atoms with van der Waals surface area (Å²) in [4.78, 5) is 0. The number of ether oxygens (including phenoxy) is 1. The first-order valence-corrected chi connectivity index (χ1v) is 8.41. The second kappa shape index (κ2) is 10.2. The molecular weight excluding hydrogens is 383 g/mol. The van der Waals surface area contributed by atoms with Gasteiger partial charge in [0.25, 0.3) is 0 Å². The predicted molar refractivity (Wildman–Crippen MR) is 101 cm³/mol. The molecule has 0 unspecified atom stereocenters. The molecular formula is C20H19IO. The second-order valence-electron chi connectivity index (χ2n) is 4.86. The van der Waals surface area contributed by atoms with Crippen LogP contribution in [0.3, 0.4) is 0 Å². The summed E-state index contributed by atoms with van der Waals surface area (Å²) in [5.74, 6) is 6.24. The van der Waals surface area contributed by atoms with Crippen molar-refractivity contribution < 1.29 is 4.74 Å². The monoisotopic (exact) mass is 402 g/mol. The minimum absolute atomic E-state index is 0.657. The standard InChI is InChI=1S/C20H19IO/c21-20(16-18-10-4-1-5-11-18)14-8-3-9-15-22-17-19-12-6-2-7-13-19/h1-2,4-7,10-14H,9,15-17H2. The van der Waals surface area contributed by atoms with Crippen molar-refractivity contribution in [2.24, 2.45) is 0 Å². The van der Waals surface area contributed by atoms with E-state index in [1.54, 1.807) is 0 Å². The van der Waals surface area contributed by atoms with E-state index in [0.29, 0.717) is 13.2 Å². The molecule has 0 spiro atoms. The zero-order chi connectivity index (χ0) is 15.5. The third kappa shape index (κ3) is 6.93. The van der Waals surface area contributed by atoms with Gasteiger partial charge in [0.05, 0.1) is 13.2 Å². The quantitative estimate of drug-likeness (QED) is 0.369. The van der Waals surface area contributed by atoms with Crippen LogP contribution in [0.5, 0.6) is 0 Å². The van der Waals surface area contributed by atoms with Gasteiger partial charge in [-0.15, -0.1) is 0 Å². The highest BCUT2D eigenvalue weighted by Gasteiger charge is 1.93. The van der Waals surface area contributed by atoms with Crippen LogP contribution in [0.1, 0.15) is 17.5 Å². The Hall–Kier alpha value is -1.57. The lowest BCUT2D eigenvalue weighted by atomic mass is 10.1. The van der Waals surface area contributed by atoms with E-state index in [-0.39, 0.29) is 0 Å². The smallest absolute Gasteiger partial charge is 0.0717 e. The first kappa shape index (κ1) is 16.8. The number of allylic oxidation sites excluding steroid dienone is 2. The maximum absolute atomic E-state index is 5.60. The predicted octanol–water partition coefficient (Wildman–Crippen LogP) is 5.16. The van der Waals surface area contributed by atoms with Gasteiger partial charge in [0.1, 0.15) is 0 Å². The molecule has 22 heavy (non-hydrogen) atoms. The summed E-state index contributed by atoms with van der Waals surface area (Å²) in [5.41, 5.74) is 2.52. The number of benzene rings is 2. The maximum Gasteiger partial charge on any atom is 0.0717 e. The molecule has 0 aliphatic heterocycles. The van der Waals surface area contributed by atoms with Gasteiger partial charge in [0, 0.05) is 16.4 Å². The molecule has 0 radical (unpaired) electrons. The Bertz CT molecular complexity index is 636. The molecule has 2 aromatic carbocycles. The summed E-state index contributed by atoms with van der Waals surface area (Å²) >= 11 is 2.35. The van der Waals surface area contributed by atoms with Crippen molar-refractivity contribution in [3.05, 3.63) is 81.4 Å². The van der Waals surface area contributed by atoms with Crippen molar-refractivity contribution in [3.8, 4) is 11.8 Å². The van der Waals surface area contributed by atoms with Crippen molar-refractivity contribution in [1.29, 1.82) is 0 Å². The molecule has 0 bridgehead atoms. The molecule has 0 saturated heterocycles. The molecule has 0 aliphatic carbocycles.